The van der Waals surface area contributed by atoms with E-state index in [1.807, 2.05) is 0 Å². The van der Waals surface area contributed by atoms with Crippen LogP contribution in [0.4, 0.5) is 4.79 Å². The van der Waals surface area contributed by atoms with E-state index in [9.17, 15) is 9.59 Å². The SMILES string of the molecule is CC(CN1C(=O)CNC1=O)C(N)=S. The van der Waals surface area contributed by atoms with Crippen LogP contribution in [0.15, 0.2) is 0 Å². The highest BCUT2D eigenvalue weighted by Crippen LogP contribution is 2.05. The van der Waals surface area contributed by atoms with Gasteiger partial charge in [-0.2, -0.15) is 0 Å². The van der Waals surface area contributed by atoms with Crippen LogP contribution in [0.5, 0.6) is 0 Å². The predicted molar refractivity (Wildman–Crippen MR) is 51.1 cm³/mol. The lowest BCUT2D eigenvalue weighted by Gasteiger charge is -2.16. The minimum absolute atomic E-state index is 0.0723. The fourth-order valence-electron chi connectivity index (χ4n) is 1.00. The first-order valence-corrected chi connectivity index (χ1v) is 4.30. The van der Waals surface area contributed by atoms with Gasteiger partial charge in [-0.3, -0.25) is 9.69 Å². The Labute approximate surface area is 81.3 Å². The summed E-state index contributed by atoms with van der Waals surface area (Å²) in [5.74, 6) is -0.365. The number of nitrogens with two attached hydrogens (primary N) is 1. The molecule has 0 aromatic rings. The first-order chi connectivity index (χ1) is 6.02. The second kappa shape index (κ2) is 3.69. The molecule has 72 valence electrons. The Morgan fingerprint density at radius 3 is 2.77 bits per heavy atom. The summed E-state index contributed by atoms with van der Waals surface area (Å²) in [5.41, 5.74) is 5.37. The van der Waals surface area contributed by atoms with Gasteiger partial charge in [-0.1, -0.05) is 19.1 Å². The molecule has 13 heavy (non-hydrogen) atoms. The Morgan fingerprint density at radius 1 is 1.77 bits per heavy atom. The minimum atomic E-state index is -0.367. The molecule has 1 saturated heterocycles. The van der Waals surface area contributed by atoms with Crippen molar-refractivity contribution in [3.8, 4) is 0 Å². The minimum Gasteiger partial charge on any atom is -0.393 e. The Balaban J connectivity index is 2.57. The number of hydrogen-bond donors (Lipinski definition) is 2. The largest absolute Gasteiger partial charge is 0.393 e. The van der Waals surface area contributed by atoms with E-state index in [2.05, 4.69) is 5.32 Å². The predicted octanol–water partition coefficient (Wildman–Crippen LogP) is -0.540. The van der Waals surface area contributed by atoms with Crippen molar-refractivity contribution in [2.45, 2.75) is 6.92 Å². The van der Waals surface area contributed by atoms with Gasteiger partial charge in [-0.15, -0.1) is 0 Å². The van der Waals surface area contributed by atoms with Crippen molar-refractivity contribution in [3.63, 3.8) is 0 Å². The van der Waals surface area contributed by atoms with Gasteiger partial charge in [-0.05, 0) is 0 Å². The van der Waals surface area contributed by atoms with Gasteiger partial charge in [0.05, 0.1) is 11.5 Å². The van der Waals surface area contributed by atoms with Gasteiger partial charge in [0.2, 0.25) is 5.91 Å². The van der Waals surface area contributed by atoms with Crippen LogP contribution in [0.3, 0.4) is 0 Å². The van der Waals surface area contributed by atoms with Crippen LogP contribution in [0.2, 0.25) is 0 Å². The van der Waals surface area contributed by atoms with E-state index in [1.54, 1.807) is 6.92 Å². The molecule has 0 aromatic carbocycles. The molecular weight excluding hydrogens is 190 g/mol. The molecule has 3 N–H and O–H groups in total. The third kappa shape index (κ3) is 2.15. The number of urea groups is 1. The van der Waals surface area contributed by atoms with Crippen molar-refractivity contribution in [2.75, 3.05) is 13.1 Å². The number of nitrogens with zero attached hydrogens (tertiary/aromatic N) is 1. The molecule has 0 radical (unpaired) electrons. The lowest BCUT2D eigenvalue weighted by atomic mass is 10.2. The van der Waals surface area contributed by atoms with E-state index >= 15 is 0 Å². The van der Waals surface area contributed by atoms with E-state index in [1.165, 1.54) is 0 Å². The zero-order valence-electron chi connectivity index (χ0n) is 7.24. The topological polar surface area (TPSA) is 75.4 Å². The molecular formula is C7H11N3O2S. The highest BCUT2D eigenvalue weighted by atomic mass is 32.1. The van der Waals surface area contributed by atoms with E-state index in [4.69, 9.17) is 18.0 Å². The van der Waals surface area contributed by atoms with Gasteiger partial charge in [-0.25, -0.2) is 4.79 Å². The maximum absolute atomic E-state index is 11.1. The average Bonchev–Trinajstić information content (AvgIpc) is 2.35. The Morgan fingerprint density at radius 2 is 2.38 bits per heavy atom. The number of carbonyl (C=O) groups is 2. The van der Waals surface area contributed by atoms with Crippen LogP contribution in [-0.4, -0.2) is 34.9 Å². The first-order valence-electron chi connectivity index (χ1n) is 3.90. The quantitative estimate of drug-likeness (QED) is 0.475. The number of amides is 3. The maximum Gasteiger partial charge on any atom is 0.324 e. The molecule has 6 heteroatoms. The lowest BCUT2D eigenvalue weighted by Crippen LogP contribution is -2.38. The summed E-state index contributed by atoms with van der Waals surface area (Å²) < 4.78 is 0. The number of imide groups is 1. The average molecular weight is 201 g/mol. The Bertz CT molecular complexity index is 250. The van der Waals surface area contributed by atoms with E-state index < -0.39 is 0 Å². The number of hydrogen-bond acceptors (Lipinski definition) is 3. The summed E-state index contributed by atoms with van der Waals surface area (Å²) in [4.78, 5) is 23.6. The van der Waals surface area contributed by atoms with Crippen LogP contribution in [0.25, 0.3) is 0 Å². The number of nitrogens with one attached hydrogen (secondary N) is 1. The normalized spacial score (nSPS) is 18.7. The van der Waals surface area contributed by atoms with Crippen LogP contribution < -0.4 is 11.1 Å². The third-order valence-electron chi connectivity index (χ3n) is 1.88. The Kier molecular flexibility index (Phi) is 2.82. The zero-order valence-corrected chi connectivity index (χ0v) is 8.06. The van der Waals surface area contributed by atoms with Crippen LogP contribution in [0, 0.1) is 5.92 Å². The summed E-state index contributed by atoms with van der Waals surface area (Å²) >= 11 is 4.74. The number of carbonyl (C=O) groups excluding carboxylic acids is 2. The van der Waals surface area contributed by atoms with Gasteiger partial charge < -0.3 is 11.1 Å². The van der Waals surface area contributed by atoms with Crippen LogP contribution >= 0.6 is 12.2 Å². The molecule has 3 amide bonds. The first kappa shape index (κ1) is 9.91. The third-order valence-corrected chi connectivity index (χ3v) is 2.28. The van der Waals surface area contributed by atoms with E-state index in [0.29, 0.717) is 4.99 Å². The summed E-state index contributed by atoms with van der Waals surface area (Å²) in [6, 6.07) is -0.367. The molecule has 1 unspecified atom stereocenters. The molecule has 0 spiro atoms. The number of rotatable bonds is 3. The molecule has 1 heterocycles. The maximum atomic E-state index is 11.1. The molecule has 0 bridgehead atoms. The van der Waals surface area contributed by atoms with E-state index in [-0.39, 0.29) is 30.9 Å². The molecule has 1 fully saturated rings. The van der Waals surface area contributed by atoms with Crippen molar-refractivity contribution >= 4 is 29.1 Å². The fraction of sp³-hybridized carbons (Fsp3) is 0.571. The standard InChI is InChI=1S/C7H11N3O2S/c1-4(6(8)13)3-10-5(11)2-9-7(10)12/h4H,2-3H2,1H3,(H2,8,13)(H,9,12). The van der Waals surface area contributed by atoms with Gasteiger partial charge >= 0.3 is 6.03 Å². The van der Waals surface area contributed by atoms with Crippen molar-refractivity contribution in [2.24, 2.45) is 11.7 Å². The molecule has 1 atom stereocenters. The van der Waals surface area contributed by atoms with Crippen molar-refractivity contribution in [1.82, 2.24) is 10.2 Å². The van der Waals surface area contributed by atoms with Gasteiger partial charge in [0.15, 0.2) is 0 Å². The van der Waals surface area contributed by atoms with Crippen molar-refractivity contribution in [3.05, 3.63) is 0 Å². The highest BCUT2D eigenvalue weighted by Gasteiger charge is 2.29. The number of thiocarbonyl (C=S) groups is 1. The highest BCUT2D eigenvalue weighted by molar-refractivity contribution is 7.80. The molecule has 0 aliphatic carbocycles. The molecule has 1 rings (SSSR count). The summed E-state index contributed by atoms with van der Waals surface area (Å²) in [6.45, 7) is 2.12. The van der Waals surface area contributed by atoms with E-state index in [0.717, 1.165) is 4.90 Å². The Hall–Kier alpha value is -1.17. The summed E-state index contributed by atoms with van der Waals surface area (Å²) in [6.07, 6.45) is 0. The molecule has 1 aliphatic heterocycles. The smallest absolute Gasteiger partial charge is 0.324 e. The van der Waals surface area contributed by atoms with Gasteiger partial charge in [0, 0.05) is 12.5 Å². The molecule has 1 aliphatic rings. The molecule has 0 saturated carbocycles. The second-order valence-electron chi connectivity index (χ2n) is 2.97. The van der Waals surface area contributed by atoms with Gasteiger partial charge in [0.25, 0.3) is 0 Å². The van der Waals surface area contributed by atoms with Crippen molar-refractivity contribution in [1.29, 1.82) is 0 Å². The van der Waals surface area contributed by atoms with Gasteiger partial charge in [0.1, 0.15) is 0 Å². The second-order valence-corrected chi connectivity index (χ2v) is 3.44. The molecule has 0 aromatic heterocycles. The van der Waals surface area contributed by atoms with Crippen LogP contribution in [0.1, 0.15) is 6.92 Å². The monoisotopic (exact) mass is 201 g/mol. The van der Waals surface area contributed by atoms with Crippen molar-refractivity contribution < 1.29 is 9.59 Å². The molecule has 5 nitrogen and oxygen atoms in total. The zero-order chi connectivity index (χ0) is 10.0. The lowest BCUT2D eigenvalue weighted by molar-refractivity contribution is -0.125. The van der Waals surface area contributed by atoms with Crippen LogP contribution in [-0.2, 0) is 4.79 Å². The fourth-order valence-corrected chi connectivity index (χ4v) is 1.08. The summed E-state index contributed by atoms with van der Waals surface area (Å²) in [7, 11) is 0. The summed E-state index contributed by atoms with van der Waals surface area (Å²) in [5, 5.41) is 2.42.